The third kappa shape index (κ3) is 3.16. The zero-order valence-electron chi connectivity index (χ0n) is 11.5. The van der Waals surface area contributed by atoms with E-state index in [0.29, 0.717) is 11.6 Å². The molecule has 2 heterocycles. The van der Waals surface area contributed by atoms with E-state index in [1.54, 1.807) is 12.3 Å². The van der Waals surface area contributed by atoms with Gasteiger partial charge in [-0.05, 0) is 37.2 Å². The molecular weight excluding hydrogens is 274 g/mol. The number of benzene rings is 1. The lowest BCUT2D eigenvalue weighted by Crippen LogP contribution is -2.29. The van der Waals surface area contributed by atoms with Crippen LogP contribution in [0.3, 0.4) is 0 Å². The number of nitrogens with zero attached hydrogens (tertiary/aromatic N) is 3. The molecular formula is C15H16F2N4. The Labute approximate surface area is 121 Å². The molecule has 1 fully saturated rings. The minimum absolute atomic E-state index is 0.159. The second kappa shape index (κ2) is 6.13. The molecule has 1 aromatic heterocycles. The van der Waals surface area contributed by atoms with Crippen LogP contribution in [0.15, 0.2) is 30.5 Å². The van der Waals surface area contributed by atoms with Crippen LogP contribution in [0, 0.1) is 11.6 Å². The molecule has 6 heteroatoms. The zero-order valence-corrected chi connectivity index (χ0v) is 11.5. The molecule has 0 amide bonds. The van der Waals surface area contributed by atoms with E-state index in [4.69, 9.17) is 0 Å². The molecule has 1 aliphatic heterocycles. The molecule has 1 aromatic carbocycles. The maximum absolute atomic E-state index is 13.8. The van der Waals surface area contributed by atoms with Gasteiger partial charge in [0.1, 0.15) is 11.6 Å². The molecule has 4 nitrogen and oxygen atoms in total. The van der Waals surface area contributed by atoms with Crippen molar-refractivity contribution in [3.05, 3.63) is 42.1 Å². The van der Waals surface area contributed by atoms with Gasteiger partial charge in [-0.3, -0.25) is 0 Å². The van der Waals surface area contributed by atoms with Gasteiger partial charge >= 0.3 is 0 Å². The van der Waals surface area contributed by atoms with Gasteiger partial charge in [0.05, 0.1) is 5.69 Å². The minimum Gasteiger partial charge on any atom is -0.339 e. The van der Waals surface area contributed by atoms with E-state index in [1.807, 2.05) is 0 Å². The lowest BCUT2D eigenvalue weighted by atomic mass is 10.1. The Morgan fingerprint density at radius 3 is 2.90 bits per heavy atom. The lowest BCUT2D eigenvalue weighted by Gasteiger charge is -2.20. The van der Waals surface area contributed by atoms with Crippen LogP contribution in [-0.2, 0) is 0 Å². The SMILES string of the molecule is Fc1ccc(F)c(-c2ccnc(N3CCCNCC3)n2)c1. The fourth-order valence-electron chi connectivity index (χ4n) is 2.39. The highest BCUT2D eigenvalue weighted by molar-refractivity contribution is 5.61. The van der Waals surface area contributed by atoms with Crippen LogP contribution in [0.5, 0.6) is 0 Å². The summed E-state index contributed by atoms with van der Waals surface area (Å²) in [6.07, 6.45) is 2.59. The second-order valence-corrected chi connectivity index (χ2v) is 4.96. The Morgan fingerprint density at radius 2 is 2.00 bits per heavy atom. The van der Waals surface area contributed by atoms with E-state index in [9.17, 15) is 8.78 Å². The Kier molecular flexibility index (Phi) is 4.06. The molecule has 0 spiro atoms. The van der Waals surface area contributed by atoms with Crippen LogP contribution in [0.2, 0.25) is 0 Å². The standard InChI is InChI=1S/C15H16F2N4/c16-11-2-3-13(17)12(10-11)14-4-6-19-15(20-14)21-8-1-5-18-7-9-21/h2-4,6,10,18H,1,5,7-9H2. The number of anilines is 1. The highest BCUT2D eigenvalue weighted by Gasteiger charge is 2.14. The smallest absolute Gasteiger partial charge is 0.225 e. The normalized spacial score (nSPS) is 15.8. The molecule has 110 valence electrons. The van der Waals surface area contributed by atoms with Crippen molar-refractivity contribution in [1.82, 2.24) is 15.3 Å². The molecule has 0 unspecified atom stereocenters. The highest BCUT2D eigenvalue weighted by atomic mass is 19.1. The number of hydrogen-bond acceptors (Lipinski definition) is 4. The second-order valence-electron chi connectivity index (χ2n) is 4.96. The molecule has 1 aliphatic rings. The Morgan fingerprint density at radius 1 is 1.10 bits per heavy atom. The average Bonchev–Trinajstić information content (AvgIpc) is 2.79. The predicted octanol–water partition coefficient (Wildman–Crippen LogP) is 2.22. The van der Waals surface area contributed by atoms with Crippen molar-refractivity contribution >= 4 is 5.95 Å². The summed E-state index contributed by atoms with van der Waals surface area (Å²) in [4.78, 5) is 10.7. The van der Waals surface area contributed by atoms with Gasteiger partial charge < -0.3 is 10.2 Å². The third-order valence-corrected chi connectivity index (χ3v) is 3.47. The Balaban J connectivity index is 1.94. The monoisotopic (exact) mass is 290 g/mol. The third-order valence-electron chi connectivity index (χ3n) is 3.47. The summed E-state index contributed by atoms with van der Waals surface area (Å²) >= 11 is 0. The lowest BCUT2D eigenvalue weighted by molar-refractivity contribution is 0.602. The first kappa shape index (κ1) is 13.9. The summed E-state index contributed by atoms with van der Waals surface area (Å²) in [5, 5.41) is 3.30. The van der Waals surface area contributed by atoms with Crippen molar-refractivity contribution < 1.29 is 8.78 Å². The number of aromatic nitrogens is 2. The molecule has 1 saturated heterocycles. The number of rotatable bonds is 2. The summed E-state index contributed by atoms with van der Waals surface area (Å²) in [5.74, 6) is -0.413. The van der Waals surface area contributed by atoms with Gasteiger partial charge in [0.2, 0.25) is 5.95 Å². The molecule has 3 rings (SSSR count). The Hall–Kier alpha value is -2.08. The van der Waals surface area contributed by atoms with Crippen molar-refractivity contribution in [2.45, 2.75) is 6.42 Å². The molecule has 0 bridgehead atoms. The van der Waals surface area contributed by atoms with Crippen LogP contribution in [0.1, 0.15) is 6.42 Å². The van der Waals surface area contributed by atoms with Gasteiger partial charge in [0.15, 0.2) is 0 Å². The van der Waals surface area contributed by atoms with Crippen LogP contribution in [0.4, 0.5) is 14.7 Å². The van der Waals surface area contributed by atoms with E-state index >= 15 is 0 Å². The summed E-state index contributed by atoms with van der Waals surface area (Å²) in [6.45, 7) is 3.48. The molecule has 2 aromatic rings. The topological polar surface area (TPSA) is 41.1 Å². The summed E-state index contributed by atoms with van der Waals surface area (Å²) in [7, 11) is 0. The maximum atomic E-state index is 13.8. The maximum Gasteiger partial charge on any atom is 0.225 e. The quantitative estimate of drug-likeness (QED) is 0.921. The number of halogens is 2. The van der Waals surface area contributed by atoms with E-state index < -0.39 is 11.6 Å². The van der Waals surface area contributed by atoms with E-state index in [0.717, 1.165) is 50.8 Å². The fraction of sp³-hybridized carbons (Fsp3) is 0.333. The van der Waals surface area contributed by atoms with Crippen molar-refractivity contribution in [3.8, 4) is 11.3 Å². The molecule has 1 N–H and O–H groups in total. The van der Waals surface area contributed by atoms with E-state index in [2.05, 4.69) is 20.2 Å². The highest BCUT2D eigenvalue weighted by Crippen LogP contribution is 2.23. The van der Waals surface area contributed by atoms with Gasteiger partial charge in [0.25, 0.3) is 0 Å². The van der Waals surface area contributed by atoms with Crippen molar-refractivity contribution in [2.24, 2.45) is 0 Å². The fourth-order valence-corrected chi connectivity index (χ4v) is 2.39. The molecule has 0 saturated carbocycles. The summed E-state index contributed by atoms with van der Waals surface area (Å²) in [6, 6.07) is 4.96. The van der Waals surface area contributed by atoms with Gasteiger partial charge in [0, 0.05) is 31.4 Å². The molecule has 21 heavy (non-hydrogen) atoms. The van der Waals surface area contributed by atoms with Crippen LogP contribution >= 0.6 is 0 Å². The minimum atomic E-state index is -0.487. The van der Waals surface area contributed by atoms with Crippen LogP contribution in [-0.4, -0.2) is 36.1 Å². The predicted molar refractivity (Wildman–Crippen MR) is 77.1 cm³/mol. The average molecular weight is 290 g/mol. The van der Waals surface area contributed by atoms with Crippen LogP contribution < -0.4 is 10.2 Å². The van der Waals surface area contributed by atoms with Gasteiger partial charge in [-0.2, -0.15) is 0 Å². The first-order valence-electron chi connectivity index (χ1n) is 6.98. The molecule has 0 aliphatic carbocycles. The van der Waals surface area contributed by atoms with E-state index in [-0.39, 0.29) is 5.56 Å². The van der Waals surface area contributed by atoms with E-state index in [1.165, 1.54) is 0 Å². The van der Waals surface area contributed by atoms with Gasteiger partial charge in [-0.15, -0.1) is 0 Å². The Bertz CT molecular complexity index is 625. The molecule has 0 atom stereocenters. The zero-order chi connectivity index (χ0) is 14.7. The van der Waals surface area contributed by atoms with Gasteiger partial charge in [-0.1, -0.05) is 0 Å². The first-order chi connectivity index (χ1) is 10.2. The molecule has 0 radical (unpaired) electrons. The number of nitrogens with one attached hydrogen (secondary N) is 1. The van der Waals surface area contributed by atoms with Crippen molar-refractivity contribution in [3.63, 3.8) is 0 Å². The van der Waals surface area contributed by atoms with Crippen LogP contribution in [0.25, 0.3) is 11.3 Å². The van der Waals surface area contributed by atoms with Crippen molar-refractivity contribution in [1.29, 1.82) is 0 Å². The summed E-state index contributed by atoms with van der Waals surface area (Å²) < 4.78 is 27.2. The largest absolute Gasteiger partial charge is 0.339 e. The first-order valence-corrected chi connectivity index (χ1v) is 6.98. The van der Waals surface area contributed by atoms with Gasteiger partial charge in [-0.25, -0.2) is 18.7 Å². The van der Waals surface area contributed by atoms with Crippen molar-refractivity contribution in [2.75, 3.05) is 31.1 Å². The summed E-state index contributed by atoms with van der Waals surface area (Å²) in [5.41, 5.74) is 0.556. The number of hydrogen-bond donors (Lipinski definition) is 1.